The van der Waals surface area contributed by atoms with Gasteiger partial charge in [-0.3, -0.25) is 4.98 Å². The Morgan fingerprint density at radius 2 is 1.80 bits per heavy atom. The van der Waals surface area contributed by atoms with Crippen LogP contribution in [0.5, 0.6) is 5.75 Å². The SMILES string of the molecule is Cc1cc(C)nc(-c2oc3cnccc3c2OS(=O)(=O)C(F)(F)F)n1. The zero-order valence-electron chi connectivity index (χ0n) is 12.8. The largest absolute Gasteiger partial charge is 0.534 e. The maximum absolute atomic E-state index is 12.7. The van der Waals surface area contributed by atoms with Gasteiger partial charge in [0.2, 0.25) is 5.76 Å². The van der Waals surface area contributed by atoms with Crippen molar-refractivity contribution in [2.75, 3.05) is 0 Å². The number of furan rings is 1. The topological polar surface area (TPSA) is 95.2 Å². The summed E-state index contributed by atoms with van der Waals surface area (Å²) in [5.41, 5.74) is -4.52. The van der Waals surface area contributed by atoms with E-state index in [1.807, 2.05) is 0 Å². The van der Waals surface area contributed by atoms with E-state index in [1.54, 1.807) is 19.9 Å². The Balaban J connectivity index is 2.26. The Morgan fingerprint density at radius 1 is 1.16 bits per heavy atom. The van der Waals surface area contributed by atoms with Crippen molar-refractivity contribution in [1.82, 2.24) is 15.0 Å². The number of fused-ring (bicyclic) bond motifs is 1. The molecule has 0 saturated heterocycles. The van der Waals surface area contributed by atoms with Gasteiger partial charge >= 0.3 is 15.6 Å². The normalized spacial score (nSPS) is 12.5. The first kappa shape index (κ1) is 17.1. The monoisotopic (exact) mass is 373 g/mol. The van der Waals surface area contributed by atoms with Crippen LogP contribution in [0.2, 0.25) is 0 Å². The number of pyridine rings is 1. The molecule has 3 aromatic rings. The lowest BCUT2D eigenvalue weighted by Crippen LogP contribution is -2.28. The first-order valence-corrected chi connectivity index (χ1v) is 8.19. The quantitative estimate of drug-likeness (QED) is 0.514. The molecule has 0 radical (unpaired) electrons. The van der Waals surface area contributed by atoms with Crippen molar-refractivity contribution < 1.29 is 30.2 Å². The third kappa shape index (κ3) is 3.14. The fourth-order valence-electron chi connectivity index (χ4n) is 2.14. The van der Waals surface area contributed by atoms with Crippen LogP contribution >= 0.6 is 0 Å². The predicted octanol–water partition coefficient (Wildman–Crippen LogP) is 3.13. The lowest BCUT2D eigenvalue weighted by molar-refractivity contribution is -0.0499. The van der Waals surface area contributed by atoms with Crippen LogP contribution in [0.3, 0.4) is 0 Å². The molecule has 3 rings (SSSR count). The van der Waals surface area contributed by atoms with Crippen molar-refractivity contribution in [3.8, 4) is 17.3 Å². The average molecular weight is 373 g/mol. The Kier molecular flexibility index (Phi) is 3.90. The van der Waals surface area contributed by atoms with Gasteiger partial charge in [0, 0.05) is 17.6 Å². The van der Waals surface area contributed by atoms with Crippen LogP contribution in [0.1, 0.15) is 11.4 Å². The van der Waals surface area contributed by atoms with Crippen LogP contribution in [-0.2, 0) is 10.1 Å². The van der Waals surface area contributed by atoms with Crippen molar-refractivity contribution in [1.29, 1.82) is 0 Å². The van der Waals surface area contributed by atoms with E-state index in [-0.39, 0.29) is 22.6 Å². The third-order valence-electron chi connectivity index (χ3n) is 3.11. The average Bonchev–Trinajstić information content (AvgIpc) is 2.83. The molecule has 11 heteroatoms. The molecule has 0 atom stereocenters. The molecule has 0 aromatic carbocycles. The van der Waals surface area contributed by atoms with E-state index in [0.29, 0.717) is 11.4 Å². The molecule has 25 heavy (non-hydrogen) atoms. The van der Waals surface area contributed by atoms with Gasteiger partial charge in [0.1, 0.15) is 0 Å². The number of hydrogen-bond acceptors (Lipinski definition) is 7. The maximum Gasteiger partial charge on any atom is 0.534 e. The Hall–Kier alpha value is -2.69. The van der Waals surface area contributed by atoms with E-state index >= 15 is 0 Å². The fourth-order valence-corrected chi connectivity index (χ4v) is 2.62. The van der Waals surface area contributed by atoms with E-state index < -0.39 is 21.4 Å². The molecule has 0 aliphatic rings. The lowest BCUT2D eigenvalue weighted by Gasteiger charge is -2.09. The summed E-state index contributed by atoms with van der Waals surface area (Å²) in [6.45, 7) is 3.30. The zero-order chi connectivity index (χ0) is 18.4. The van der Waals surface area contributed by atoms with Crippen molar-refractivity contribution in [3.05, 3.63) is 35.9 Å². The van der Waals surface area contributed by atoms with Gasteiger partial charge in [0.15, 0.2) is 17.2 Å². The van der Waals surface area contributed by atoms with Crippen molar-refractivity contribution in [2.45, 2.75) is 19.4 Å². The number of halogens is 3. The van der Waals surface area contributed by atoms with Gasteiger partial charge in [-0.15, -0.1) is 0 Å². The van der Waals surface area contributed by atoms with E-state index in [4.69, 9.17) is 4.42 Å². The summed E-state index contributed by atoms with van der Waals surface area (Å²) in [4.78, 5) is 11.9. The molecular weight excluding hydrogens is 363 g/mol. The Bertz CT molecular complexity index is 1040. The van der Waals surface area contributed by atoms with Crippen molar-refractivity contribution >= 4 is 21.1 Å². The molecule has 0 N–H and O–H groups in total. The second kappa shape index (κ2) is 5.69. The number of alkyl halides is 3. The van der Waals surface area contributed by atoms with Gasteiger partial charge < -0.3 is 8.60 Å². The summed E-state index contributed by atoms with van der Waals surface area (Å²) >= 11 is 0. The van der Waals surface area contributed by atoms with Gasteiger partial charge in [0.05, 0.1) is 11.6 Å². The molecule has 3 aromatic heterocycles. The van der Waals surface area contributed by atoms with Crippen LogP contribution in [-0.4, -0.2) is 28.9 Å². The lowest BCUT2D eigenvalue weighted by atomic mass is 10.2. The smallest absolute Gasteiger partial charge is 0.447 e. The van der Waals surface area contributed by atoms with Gasteiger partial charge in [-0.05, 0) is 26.0 Å². The van der Waals surface area contributed by atoms with Gasteiger partial charge in [-0.2, -0.15) is 21.6 Å². The highest BCUT2D eigenvalue weighted by Gasteiger charge is 2.49. The van der Waals surface area contributed by atoms with E-state index in [2.05, 4.69) is 19.1 Å². The first-order valence-electron chi connectivity index (χ1n) is 6.78. The van der Waals surface area contributed by atoms with Crippen molar-refractivity contribution in [2.24, 2.45) is 0 Å². The fraction of sp³-hybridized carbons (Fsp3) is 0.214. The van der Waals surface area contributed by atoms with Gasteiger partial charge in [0.25, 0.3) is 0 Å². The highest BCUT2D eigenvalue weighted by molar-refractivity contribution is 7.88. The number of aromatic nitrogens is 3. The summed E-state index contributed by atoms with van der Waals surface area (Å²) in [5.74, 6) is -1.07. The van der Waals surface area contributed by atoms with Crippen LogP contribution < -0.4 is 4.18 Å². The third-order valence-corrected chi connectivity index (χ3v) is 4.06. The highest BCUT2D eigenvalue weighted by atomic mass is 32.2. The Labute approximate surface area is 139 Å². The minimum Gasteiger partial charge on any atom is -0.447 e. The molecule has 0 unspecified atom stereocenters. The van der Waals surface area contributed by atoms with Crippen LogP contribution in [0.25, 0.3) is 22.6 Å². The number of aryl methyl sites for hydroxylation is 2. The minimum absolute atomic E-state index is 0.000541. The molecule has 132 valence electrons. The predicted molar refractivity (Wildman–Crippen MR) is 80.1 cm³/mol. The minimum atomic E-state index is -5.90. The molecule has 0 aliphatic heterocycles. The second-order valence-electron chi connectivity index (χ2n) is 5.09. The molecular formula is C14H10F3N3O4S. The summed E-state index contributed by atoms with van der Waals surface area (Å²) in [6, 6.07) is 2.91. The van der Waals surface area contributed by atoms with Gasteiger partial charge in [-0.25, -0.2) is 9.97 Å². The van der Waals surface area contributed by atoms with Crippen LogP contribution in [0.4, 0.5) is 13.2 Å². The highest BCUT2D eigenvalue weighted by Crippen LogP contribution is 2.41. The summed E-state index contributed by atoms with van der Waals surface area (Å²) < 4.78 is 70.7. The van der Waals surface area contributed by atoms with Crippen LogP contribution in [0, 0.1) is 13.8 Å². The summed E-state index contributed by atoms with van der Waals surface area (Å²) in [5, 5.41) is 0.000541. The van der Waals surface area contributed by atoms with Crippen molar-refractivity contribution in [3.63, 3.8) is 0 Å². The summed E-state index contributed by atoms with van der Waals surface area (Å²) in [6.07, 6.45) is 2.48. The molecule has 0 fully saturated rings. The van der Waals surface area contributed by atoms with E-state index in [1.165, 1.54) is 18.5 Å². The molecule has 0 aliphatic carbocycles. The summed E-state index contributed by atoms with van der Waals surface area (Å²) in [7, 11) is -5.90. The molecule has 3 heterocycles. The van der Waals surface area contributed by atoms with E-state index in [0.717, 1.165) is 0 Å². The maximum atomic E-state index is 12.7. The number of hydrogen-bond donors (Lipinski definition) is 0. The number of rotatable bonds is 3. The number of nitrogens with zero attached hydrogens (tertiary/aromatic N) is 3. The molecule has 0 bridgehead atoms. The Morgan fingerprint density at radius 3 is 2.40 bits per heavy atom. The first-order chi connectivity index (χ1) is 11.6. The standard InChI is InChI=1S/C14H10F3N3O4S/c1-7-5-8(2)20-13(19-7)12-11(24-25(21,22)14(15,16)17)9-3-4-18-6-10(9)23-12/h3-6H,1-2H3. The van der Waals surface area contributed by atoms with Crippen LogP contribution in [0.15, 0.2) is 28.9 Å². The zero-order valence-corrected chi connectivity index (χ0v) is 13.6. The second-order valence-corrected chi connectivity index (χ2v) is 6.63. The molecule has 7 nitrogen and oxygen atoms in total. The molecule has 0 saturated carbocycles. The molecule has 0 spiro atoms. The molecule has 0 amide bonds. The van der Waals surface area contributed by atoms with E-state index in [9.17, 15) is 21.6 Å². The van der Waals surface area contributed by atoms with Gasteiger partial charge in [-0.1, -0.05) is 0 Å².